The van der Waals surface area contributed by atoms with Crippen LogP contribution in [0.4, 0.5) is 4.39 Å². The molecule has 1 aromatic carbocycles. The van der Waals surface area contributed by atoms with Gasteiger partial charge in [-0.25, -0.2) is 4.39 Å². The molecule has 16 heavy (non-hydrogen) atoms. The molecule has 0 aliphatic heterocycles. The molecule has 0 fully saturated rings. The first-order valence-electron chi connectivity index (χ1n) is 5.45. The number of hydrogen-bond acceptors (Lipinski definition) is 0. The Kier molecular flexibility index (Phi) is 3.90. The number of halogens is 1. The fourth-order valence-electron chi connectivity index (χ4n) is 1.69. The minimum atomic E-state index is -0.317. The lowest BCUT2D eigenvalue weighted by Crippen LogP contribution is -2.31. The summed E-state index contributed by atoms with van der Waals surface area (Å²) in [5.41, 5.74) is 1.50. The second kappa shape index (κ2) is 4.99. The topological polar surface area (TPSA) is 0 Å². The summed E-state index contributed by atoms with van der Waals surface area (Å²) in [4.78, 5) is 0. The van der Waals surface area contributed by atoms with E-state index in [9.17, 15) is 4.39 Å². The summed E-state index contributed by atoms with van der Waals surface area (Å²) in [7, 11) is 0. The van der Waals surface area contributed by atoms with E-state index in [1.807, 2.05) is 19.9 Å². The lowest BCUT2D eigenvalue weighted by molar-refractivity contribution is 0.622. The fourth-order valence-corrected chi connectivity index (χ4v) is 1.69. The highest BCUT2D eigenvalue weighted by molar-refractivity contribution is 5.52. The fraction of sp³-hybridized carbons (Fsp3) is 0.333. The summed E-state index contributed by atoms with van der Waals surface area (Å²) in [6.45, 7) is 8.11. The Morgan fingerprint density at radius 2 is 2.06 bits per heavy atom. The van der Waals surface area contributed by atoms with Gasteiger partial charge in [0.1, 0.15) is 5.82 Å². The van der Waals surface area contributed by atoms with Crippen LogP contribution in [0.5, 0.6) is 0 Å². The van der Waals surface area contributed by atoms with Crippen molar-refractivity contribution in [2.75, 3.05) is 0 Å². The van der Waals surface area contributed by atoms with E-state index < -0.39 is 0 Å². The first-order valence-corrected chi connectivity index (χ1v) is 5.45. The lowest BCUT2D eigenvalue weighted by Gasteiger charge is -2.08. The normalized spacial score (nSPS) is 13.9. The van der Waals surface area contributed by atoms with Crippen LogP contribution in [0.1, 0.15) is 33.3 Å². The highest BCUT2D eigenvalue weighted by atomic mass is 19.1. The van der Waals surface area contributed by atoms with Crippen molar-refractivity contribution in [2.24, 2.45) is 5.92 Å². The summed E-state index contributed by atoms with van der Waals surface area (Å²) in [6.07, 6.45) is 7.36. The van der Waals surface area contributed by atoms with Crippen molar-refractivity contribution >= 4 is 11.6 Å². The van der Waals surface area contributed by atoms with Gasteiger partial charge in [0.2, 0.25) is 0 Å². The summed E-state index contributed by atoms with van der Waals surface area (Å²) in [6, 6.07) is 3.21. The minimum Gasteiger partial charge on any atom is -0.206 e. The Morgan fingerprint density at radius 1 is 1.44 bits per heavy atom. The van der Waals surface area contributed by atoms with Crippen LogP contribution in [0.3, 0.4) is 0 Å². The van der Waals surface area contributed by atoms with Crippen molar-refractivity contribution in [1.82, 2.24) is 0 Å². The van der Waals surface area contributed by atoms with E-state index in [1.165, 1.54) is 6.07 Å². The van der Waals surface area contributed by atoms with E-state index in [0.29, 0.717) is 11.5 Å². The highest BCUT2D eigenvalue weighted by Crippen LogP contribution is 2.08. The van der Waals surface area contributed by atoms with Gasteiger partial charge in [-0.2, -0.15) is 0 Å². The van der Waals surface area contributed by atoms with Crippen LogP contribution in [-0.4, -0.2) is 0 Å². The molecule has 0 unspecified atom stereocenters. The Bertz CT molecular complexity index is 542. The molecule has 0 amide bonds. The van der Waals surface area contributed by atoms with Gasteiger partial charge >= 0.3 is 0 Å². The Hall–Kier alpha value is -1.55. The van der Waals surface area contributed by atoms with Crippen molar-refractivity contribution in [3.8, 4) is 12.3 Å². The maximum atomic E-state index is 13.6. The Balaban J connectivity index is 3.93. The lowest BCUT2D eigenvalue weighted by atomic mass is 9.97. The first kappa shape index (κ1) is 12.5. The molecule has 0 aliphatic rings. The second-order valence-corrected chi connectivity index (χ2v) is 4.16. The summed E-state index contributed by atoms with van der Waals surface area (Å²) < 4.78 is 13.6. The van der Waals surface area contributed by atoms with Crippen LogP contribution in [0, 0.1) is 24.1 Å². The van der Waals surface area contributed by atoms with Gasteiger partial charge in [0.15, 0.2) is 0 Å². The smallest absolute Gasteiger partial charge is 0.139 e. The highest BCUT2D eigenvalue weighted by Gasteiger charge is 2.06. The summed E-state index contributed by atoms with van der Waals surface area (Å²) >= 11 is 0. The molecule has 0 heterocycles. The van der Waals surface area contributed by atoms with Crippen LogP contribution in [-0.2, 0) is 0 Å². The molecule has 1 heteroatoms. The minimum absolute atomic E-state index is 0.317. The van der Waals surface area contributed by atoms with Gasteiger partial charge < -0.3 is 0 Å². The van der Waals surface area contributed by atoms with E-state index in [-0.39, 0.29) is 5.82 Å². The quantitative estimate of drug-likeness (QED) is 0.632. The standard InChI is InChI=1S/C15H17F/c1-6-12-8-9-14(16)13(7-2)15(12)11(5)10(3)4/h2,6,8-10H,1,3-5H3/b12-6-,15-11-. The average Bonchev–Trinajstić information content (AvgIpc) is 2.27. The van der Waals surface area contributed by atoms with Gasteiger partial charge in [-0.15, -0.1) is 6.42 Å². The maximum Gasteiger partial charge on any atom is 0.139 e. The van der Waals surface area contributed by atoms with Crippen LogP contribution in [0.2, 0.25) is 0 Å². The number of benzene rings is 1. The SMILES string of the molecule is C#Cc1c(F)ccc(=C/C)/c1=C(\C)C(C)C. The third-order valence-corrected chi connectivity index (χ3v) is 2.90. The van der Waals surface area contributed by atoms with E-state index in [2.05, 4.69) is 19.8 Å². The van der Waals surface area contributed by atoms with E-state index in [4.69, 9.17) is 6.42 Å². The molecule has 0 spiro atoms. The largest absolute Gasteiger partial charge is 0.206 e. The van der Waals surface area contributed by atoms with Crippen molar-refractivity contribution in [3.05, 3.63) is 34.0 Å². The molecular formula is C15H17F. The van der Waals surface area contributed by atoms with Gasteiger partial charge in [0.05, 0.1) is 5.56 Å². The zero-order valence-electron chi connectivity index (χ0n) is 10.3. The van der Waals surface area contributed by atoms with Crippen LogP contribution in [0.15, 0.2) is 12.1 Å². The number of terminal acetylenes is 1. The molecule has 0 aromatic heterocycles. The zero-order chi connectivity index (χ0) is 12.3. The van der Waals surface area contributed by atoms with Gasteiger partial charge in [0, 0.05) is 0 Å². The predicted octanol–water partition coefficient (Wildman–Crippen LogP) is 2.43. The number of rotatable bonds is 1. The average molecular weight is 216 g/mol. The molecule has 0 saturated carbocycles. The van der Waals surface area contributed by atoms with E-state index in [1.54, 1.807) is 6.07 Å². The third-order valence-electron chi connectivity index (χ3n) is 2.90. The van der Waals surface area contributed by atoms with Crippen molar-refractivity contribution < 1.29 is 4.39 Å². The molecule has 0 atom stereocenters. The van der Waals surface area contributed by atoms with E-state index in [0.717, 1.165) is 16.0 Å². The van der Waals surface area contributed by atoms with Gasteiger partial charge in [0.25, 0.3) is 0 Å². The molecular weight excluding hydrogens is 199 g/mol. The molecule has 0 saturated heterocycles. The van der Waals surface area contributed by atoms with Crippen LogP contribution < -0.4 is 10.4 Å². The molecule has 84 valence electrons. The van der Waals surface area contributed by atoms with Crippen molar-refractivity contribution in [1.29, 1.82) is 0 Å². The van der Waals surface area contributed by atoms with Gasteiger partial charge in [-0.05, 0) is 36.3 Å². The first-order chi connectivity index (χ1) is 7.52. The molecule has 1 aromatic rings. The van der Waals surface area contributed by atoms with Crippen LogP contribution >= 0.6 is 0 Å². The molecule has 0 radical (unpaired) electrons. The number of hydrogen-bond donors (Lipinski definition) is 0. The van der Waals surface area contributed by atoms with Crippen molar-refractivity contribution in [3.63, 3.8) is 0 Å². The zero-order valence-corrected chi connectivity index (χ0v) is 10.3. The van der Waals surface area contributed by atoms with E-state index >= 15 is 0 Å². The Morgan fingerprint density at radius 3 is 2.50 bits per heavy atom. The molecule has 0 nitrogen and oxygen atoms in total. The molecule has 0 bridgehead atoms. The molecule has 1 rings (SSSR count). The van der Waals surface area contributed by atoms with Crippen LogP contribution in [0.25, 0.3) is 11.6 Å². The van der Waals surface area contributed by atoms with Gasteiger partial charge in [-0.3, -0.25) is 0 Å². The predicted molar refractivity (Wildman–Crippen MR) is 67.6 cm³/mol. The molecule has 0 aliphatic carbocycles. The Labute approximate surface area is 96.5 Å². The third kappa shape index (κ3) is 2.17. The monoisotopic (exact) mass is 216 g/mol. The summed E-state index contributed by atoms with van der Waals surface area (Å²) in [5.74, 6) is 2.50. The second-order valence-electron chi connectivity index (χ2n) is 4.16. The summed E-state index contributed by atoms with van der Waals surface area (Å²) in [5, 5.41) is 1.88. The molecule has 0 N–H and O–H groups in total. The maximum absolute atomic E-state index is 13.6. The van der Waals surface area contributed by atoms with Gasteiger partial charge in [-0.1, -0.05) is 37.5 Å². The van der Waals surface area contributed by atoms with Crippen molar-refractivity contribution in [2.45, 2.75) is 27.7 Å².